The first-order valence-electron chi connectivity index (χ1n) is 9.44. The van der Waals surface area contributed by atoms with E-state index in [1.165, 1.54) is 24.3 Å². The van der Waals surface area contributed by atoms with Gasteiger partial charge in [-0.15, -0.1) is 0 Å². The van der Waals surface area contributed by atoms with Crippen molar-refractivity contribution >= 4 is 27.3 Å². The third kappa shape index (κ3) is 5.96. The van der Waals surface area contributed by atoms with Gasteiger partial charge in [-0.3, -0.25) is 19.2 Å². The van der Waals surface area contributed by atoms with Crippen molar-refractivity contribution in [3.8, 4) is 0 Å². The minimum atomic E-state index is -4.54. The van der Waals surface area contributed by atoms with Crippen molar-refractivity contribution < 1.29 is 31.3 Å². The highest BCUT2D eigenvalue weighted by Gasteiger charge is 2.34. The molecule has 0 fully saturated rings. The number of anilines is 1. The van der Waals surface area contributed by atoms with E-state index in [2.05, 4.69) is 5.32 Å². The highest BCUT2D eigenvalue weighted by molar-refractivity contribution is 7.92. The molecule has 8 nitrogen and oxygen atoms in total. The Morgan fingerprint density at radius 3 is 2.41 bits per heavy atom. The maximum atomic E-state index is 12.9. The smallest absolute Gasteiger partial charge is 0.350 e. The van der Waals surface area contributed by atoms with E-state index in [0.29, 0.717) is 5.56 Å². The monoisotopic (exact) mass is 473 g/mol. The maximum Gasteiger partial charge on any atom is 0.416 e. The van der Waals surface area contributed by atoms with Crippen LogP contribution in [0.3, 0.4) is 0 Å². The molecule has 0 aliphatic carbocycles. The predicted molar refractivity (Wildman–Crippen MR) is 113 cm³/mol. The Balaban J connectivity index is 2.36. The molecule has 174 valence electrons. The second kappa shape index (κ2) is 9.55. The molecule has 0 heterocycles. The number of amides is 1. The minimum Gasteiger partial charge on any atom is -0.350 e. The van der Waals surface area contributed by atoms with Crippen LogP contribution in [0.2, 0.25) is 0 Å². The van der Waals surface area contributed by atoms with Crippen molar-refractivity contribution in [1.82, 2.24) is 5.32 Å². The summed E-state index contributed by atoms with van der Waals surface area (Å²) in [5.41, 5.74) is -0.673. The molecule has 32 heavy (non-hydrogen) atoms. The van der Waals surface area contributed by atoms with Gasteiger partial charge in [0.05, 0.1) is 22.4 Å². The van der Waals surface area contributed by atoms with Gasteiger partial charge >= 0.3 is 6.18 Å². The summed E-state index contributed by atoms with van der Waals surface area (Å²) in [7, 11) is -4.05. The molecule has 2 aromatic carbocycles. The van der Waals surface area contributed by atoms with Crippen LogP contribution in [0.5, 0.6) is 0 Å². The second-order valence-corrected chi connectivity index (χ2v) is 8.99. The quantitative estimate of drug-likeness (QED) is 0.464. The Morgan fingerprint density at radius 2 is 1.88 bits per heavy atom. The fourth-order valence-corrected chi connectivity index (χ4v) is 4.41. The van der Waals surface area contributed by atoms with Gasteiger partial charge in [-0.1, -0.05) is 25.1 Å². The zero-order valence-corrected chi connectivity index (χ0v) is 18.3. The Kier molecular flexibility index (Phi) is 7.50. The van der Waals surface area contributed by atoms with Crippen molar-refractivity contribution in [3.63, 3.8) is 0 Å². The third-order valence-corrected chi connectivity index (χ3v) is 5.86. The first kappa shape index (κ1) is 25.1. The summed E-state index contributed by atoms with van der Waals surface area (Å²) < 4.78 is 64.6. The number of carbonyl (C=O) groups is 1. The van der Waals surface area contributed by atoms with Gasteiger partial charge in [-0.2, -0.15) is 13.2 Å². The molecule has 0 radical (unpaired) electrons. The molecule has 2 rings (SSSR count). The van der Waals surface area contributed by atoms with Gasteiger partial charge < -0.3 is 5.32 Å². The lowest BCUT2D eigenvalue weighted by molar-refractivity contribution is -0.384. The van der Waals surface area contributed by atoms with E-state index in [0.717, 1.165) is 28.8 Å². The van der Waals surface area contributed by atoms with E-state index in [-0.39, 0.29) is 29.9 Å². The molecular weight excluding hydrogens is 451 g/mol. The lowest BCUT2D eigenvalue weighted by Gasteiger charge is -2.31. The van der Waals surface area contributed by atoms with E-state index < -0.39 is 38.6 Å². The van der Waals surface area contributed by atoms with Gasteiger partial charge in [0.1, 0.15) is 6.04 Å². The van der Waals surface area contributed by atoms with E-state index in [9.17, 15) is 36.5 Å². The van der Waals surface area contributed by atoms with Gasteiger partial charge in [0.2, 0.25) is 15.9 Å². The molecule has 0 aliphatic heterocycles. The van der Waals surface area contributed by atoms with Crippen LogP contribution in [0.4, 0.5) is 24.5 Å². The van der Waals surface area contributed by atoms with Crippen LogP contribution in [-0.2, 0) is 27.5 Å². The molecule has 0 saturated carbocycles. The van der Waals surface area contributed by atoms with Gasteiger partial charge in [0.15, 0.2) is 0 Å². The molecule has 12 heteroatoms. The molecule has 1 amide bonds. The molecule has 1 unspecified atom stereocenters. The van der Waals surface area contributed by atoms with Crippen LogP contribution >= 0.6 is 0 Å². The number of sulfonamides is 1. The van der Waals surface area contributed by atoms with Crippen LogP contribution in [0.1, 0.15) is 30.0 Å². The minimum absolute atomic E-state index is 0.0175. The van der Waals surface area contributed by atoms with E-state index in [1.54, 1.807) is 13.8 Å². The van der Waals surface area contributed by atoms with Crippen molar-refractivity contribution in [2.75, 3.05) is 10.6 Å². The maximum absolute atomic E-state index is 12.9. The summed E-state index contributed by atoms with van der Waals surface area (Å²) in [6.45, 7) is 2.84. The molecule has 0 aliphatic rings. The first-order valence-corrected chi connectivity index (χ1v) is 11.3. The van der Waals surface area contributed by atoms with E-state index in [4.69, 9.17) is 0 Å². The van der Waals surface area contributed by atoms with Crippen LogP contribution in [0, 0.1) is 17.0 Å². The number of carbonyl (C=O) groups excluding carboxylic acids is 1. The SMILES string of the molecule is CCC(C(=O)NCc1cccc(C(F)(F)F)c1)N(c1cc([N+](=O)[O-])ccc1C)S(C)(=O)=O. The number of hydrogen-bond acceptors (Lipinski definition) is 5. The number of alkyl halides is 3. The Labute approximate surface area is 183 Å². The van der Waals surface area contributed by atoms with Crippen LogP contribution in [-0.4, -0.2) is 31.5 Å². The van der Waals surface area contributed by atoms with Gasteiger partial charge in [0.25, 0.3) is 5.69 Å². The predicted octanol–water partition coefficient (Wildman–Crippen LogP) is 3.78. The molecule has 0 saturated heterocycles. The molecule has 0 aromatic heterocycles. The van der Waals surface area contributed by atoms with Crippen LogP contribution in [0.15, 0.2) is 42.5 Å². The van der Waals surface area contributed by atoms with Crippen molar-refractivity contribution in [2.45, 2.75) is 39.0 Å². The van der Waals surface area contributed by atoms with Crippen molar-refractivity contribution in [3.05, 3.63) is 69.3 Å². The van der Waals surface area contributed by atoms with Gasteiger partial charge in [-0.05, 0) is 36.6 Å². The summed E-state index contributed by atoms with van der Waals surface area (Å²) in [4.78, 5) is 23.3. The number of nitrogens with zero attached hydrogens (tertiary/aromatic N) is 2. The largest absolute Gasteiger partial charge is 0.416 e. The van der Waals surface area contributed by atoms with Crippen molar-refractivity contribution in [1.29, 1.82) is 0 Å². The number of nitro groups is 1. The standard InChI is InChI=1S/C20H22F3N3O5S/c1-4-17(19(27)24-12-14-6-5-7-15(10-14)20(21,22)23)25(32(3,30)31)18-11-16(26(28)29)9-8-13(18)2/h5-11,17H,4,12H2,1-3H3,(H,24,27). The molecule has 1 N–H and O–H groups in total. The number of hydrogen-bond donors (Lipinski definition) is 1. The number of non-ortho nitro benzene ring substituents is 1. The zero-order valence-electron chi connectivity index (χ0n) is 17.5. The summed E-state index contributed by atoms with van der Waals surface area (Å²) >= 11 is 0. The summed E-state index contributed by atoms with van der Waals surface area (Å²) in [5.74, 6) is -0.749. The number of aryl methyl sites for hydroxylation is 1. The Morgan fingerprint density at radius 1 is 1.22 bits per heavy atom. The Bertz CT molecular complexity index is 1120. The summed E-state index contributed by atoms with van der Waals surface area (Å²) in [6, 6.07) is 6.78. The molecule has 0 spiro atoms. The third-order valence-electron chi connectivity index (χ3n) is 4.69. The number of nitrogens with one attached hydrogen (secondary N) is 1. The summed E-state index contributed by atoms with van der Waals surface area (Å²) in [6.07, 6.45) is -3.66. The molecule has 1 atom stereocenters. The average molecular weight is 473 g/mol. The van der Waals surface area contributed by atoms with Crippen LogP contribution < -0.4 is 9.62 Å². The van der Waals surface area contributed by atoms with E-state index >= 15 is 0 Å². The lowest BCUT2D eigenvalue weighted by Crippen LogP contribution is -2.49. The molecular formula is C20H22F3N3O5S. The number of halogens is 3. The topological polar surface area (TPSA) is 110 Å². The van der Waals surface area contributed by atoms with Crippen LogP contribution in [0.25, 0.3) is 0 Å². The number of nitro benzene ring substituents is 1. The fourth-order valence-electron chi connectivity index (χ4n) is 3.15. The van der Waals surface area contributed by atoms with E-state index in [1.807, 2.05) is 0 Å². The molecule has 0 bridgehead atoms. The fraction of sp³-hybridized carbons (Fsp3) is 0.350. The highest BCUT2D eigenvalue weighted by Crippen LogP contribution is 2.31. The Hall–Kier alpha value is -3.15. The molecule has 2 aromatic rings. The number of rotatable bonds is 8. The van der Waals surface area contributed by atoms with Gasteiger partial charge in [0, 0.05) is 18.7 Å². The van der Waals surface area contributed by atoms with Crippen molar-refractivity contribution in [2.24, 2.45) is 0 Å². The first-order chi connectivity index (χ1) is 14.8. The zero-order chi connectivity index (χ0) is 24.3. The normalized spacial score (nSPS) is 12.8. The summed E-state index contributed by atoms with van der Waals surface area (Å²) in [5, 5.41) is 13.6. The average Bonchev–Trinajstić information content (AvgIpc) is 2.69. The lowest BCUT2D eigenvalue weighted by atomic mass is 10.1. The highest BCUT2D eigenvalue weighted by atomic mass is 32.2. The van der Waals surface area contributed by atoms with Gasteiger partial charge in [-0.25, -0.2) is 8.42 Å². The second-order valence-electron chi connectivity index (χ2n) is 7.13. The number of benzene rings is 2.